The summed E-state index contributed by atoms with van der Waals surface area (Å²) in [4.78, 5) is 38.2. The minimum atomic E-state index is -0.153. The van der Waals surface area contributed by atoms with E-state index < -0.39 is 0 Å². The van der Waals surface area contributed by atoms with Crippen molar-refractivity contribution in [3.05, 3.63) is 40.2 Å². The molecule has 2 saturated heterocycles. The number of urea groups is 1. The lowest BCUT2D eigenvalue weighted by atomic mass is 9.87. The van der Waals surface area contributed by atoms with Gasteiger partial charge < -0.3 is 15.5 Å². The topological polar surface area (TPSA) is 90.5 Å². The number of amides is 3. The summed E-state index contributed by atoms with van der Waals surface area (Å²) in [6, 6.07) is 4.36. The fourth-order valence-corrected chi connectivity index (χ4v) is 5.58. The van der Waals surface area contributed by atoms with Crippen LogP contribution in [0.1, 0.15) is 54.6 Å². The van der Waals surface area contributed by atoms with Crippen LogP contribution in [0.2, 0.25) is 0 Å². The van der Waals surface area contributed by atoms with Gasteiger partial charge in [0.05, 0.1) is 5.54 Å². The van der Waals surface area contributed by atoms with Crippen LogP contribution in [0.25, 0.3) is 0 Å². The van der Waals surface area contributed by atoms with Crippen molar-refractivity contribution in [3.63, 3.8) is 0 Å². The van der Waals surface area contributed by atoms with E-state index in [-0.39, 0.29) is 23.5 Å². The Morgan fingerprint density at radius 2 is 1.97 bits per heavy atom. The number of thiazole rings is 1. The van der Waals surface area contributed by atoms with Gasteiger partial charge >= 0.3 is 6.03 Å². The molecule has 4 heterocycles. The monoisotopic (exact) mass is 442 g/mol. The zero-order valence-corrected chi connectivity index (χ0v) is 19.4. The third-order valence-corrected chi connectivity index (χ3v) is 7.27. The maximum absolute atomic E-state index is 12.7. The van der Waals surface area contributed by atoms with Crippen LogP contribution in [0.5, 0.6) is 0 Å². The van der Waals surface area contributed by atoms with E-state index >= 15 is 0 Å². The summed E-state index contributed by atoms with van der Waals surface area (Å²) in [5.41, 5.74) is 2.94. The summed E-state index contributed by atoms with van der Waals surface area (Å²) >= 11 is 1.52. The summed E-state index contributed by atoms with van der Waals surface area (Å²) in [6.07, 6.45) is 3.69. The number of likely N-dealkylation sites (tertiary alicyclic amines) is 1. The third kappa shape index (κ3) is 4.88. The van der Waals surface area contributed by atoms with E-state index in [1.807, 2.05) is 24.9 Å². The third-order valence-electron chi connectivity index (χ3n) is 6.19. The Balaban J connectivity index is 1.36. The second-order valence-corrected chi connectivity index (χ2v) is 9.85. The van der Waals surface area contributed by atoms with Crippen molar-refractivity contribution < 1.29 is 9.59 Å². The number of pyridine rings is 1. The number of carbonyl (C=O) groups is 2. The van der Waals surface area contributed by atoms with Crippen LogP contribution < -0.4 is 10.6 Å². The molecule has 3 amide bonds. The second kappa shape index (κ2) is 8.55. The SMILES string of the molecule is CC(=O)Nc1ncc(C(C)N2CCC3(CC2)CN(Cc2cc(C)nc(C)c2)C(=O)N3)s1. The van der Waals surface area contributed by atoms with Crippen molar-refractivity contribution in [2.75, 3.05) is 25.0 Å². The predicted molar refractivity (Wildman–Crippen MR) is 121 cm³/mol. The number of anilines is 1. The normalized spacial score (nSPS) is 19.5. The average Bonchev–Trinajstić information content (AvgIpc) is 3.25. The molecule has 0 aromatic carbocycles. The number of nitrogens with one attached hydrogen (secondary N) is 2. The van der Waals surface area contributed by atoms with Gasteiger partial charge in [0.1, 0.15) is 0 Å². The molecule has 2 aliphatic heterocycles. The van der Waals surface area contributed by atoms with E-state index in [1.165, 1.54) is 18.3 Å². The molecule has 2 fully saturated rings. The smallest absolute Gasteiger partial charge is 0.318 e. The lowest BCUT2D eigenvalue weighted by Crippen LogP contribution is -2.52. The highest BCUT2D eigenvalue weighted by molar-refractivity contribution is 7.15. The number of hydrogen-bond acceptors (Lipinski definition) is 6. The van der Waals surface area contributed by atoms with E-state index in [1.54, 1.807) is 0 Å². The van der Waals surface area contributed by atoms with Gasteiger partial charge in [0.25, 0.3) is 0 Å². The second-order valence-electron chi connectivity index (χ2n) is 8.79. The van der Waals surface area contributed by atoms with Gasteiger partial charge in [-0.15, -0.1) is 11.3 Å². The van der Waals surface area contributed by atoms with Crippen molar-refractivity contribution >= 4 is 28.4 Å². The number of hydrogen-bond donors (Lipinski definition) is 2. The van der Waals surface area contributed by atoms with E-state index in [9.17, 15) is 9.59 Å². The van der Waals surface area contributed by atoms with Gasteiger partial charge in [-0.25, -0.2) is 9.78 Å². The summed E-state index contributed by atoms with van der Waals surface area (Å²) in [6.45, 7) is 10.8. The highest BCUT2D eigenvalue weighted by atomic mass is 32.1. The molecule has 2 aromatic rings. The van der Waals surface area contributed by atoms with Crippen LogP contribution in [0.4, 0.5) is 9.93 Å². The molecular formula is C22H30N6O2S. The largest absolute Gasteiger partial charge is 0.331 e. The molecule has 1 spiro atoms. The summed E-state index contributed by atoms with van der Waals surface area (Å²) in [7, 11) is 0. The molecule has 9 heteroatoms. The Morgan fingerprint density at radius 3 is 2.61 bits per heavy atom. The average molecular weight is 443 g/mol. The van der Waals surface area contributed by atoms with Crippen LogP contribution in [-0.2, 0) is 11.3 Å². The van der Waals surface area contributed by atoms with Crippen LogP contribution in [0.15, 0.2) is 18.3 Å². The van der Waals surface area contributed by atoms with Gasteiger partial charge in [-0.2, -0.15) is 0 Å². The van der Waals surface area contributed by atoms with Crippen molar-refractivity contribution in [1.29, 1.82) is 0 Å². The molecule has 8 nitrogen and oxygen atoms in total. The first-order chi connectivity index (χ1) is 14.7. The number of rotatable bonds is 5. The highest BCUT2D eigenvalue weighted by Gasteiger charge is 2.44. The van der Waals surface area contributed by atoms with Gasteiger partial charge in [-0.05, 0) is 51.3 Å². The zero-order chi connectivity index (χ0) is 22.2. The van der Waals surface area contributed by atoms with Gasteiger partial charge in [-0.3, -0.25) is 14.7 Å². The van der Waals surface area contributed by atoms with E-state index in [4.69, 9.17) is 0 Å². The van der Waals surface area contributed by atoms with Crippen molar-refractivity contribution in [1.82, 2.24) is 25.1 Å². The van der Waals surface area contributed by atoms with Crippen LogP contribution in [0, 0.1) is 13.8 Å². The molecule has 1 unspecified atom stereocenters. The Labute approximate surface area is 187 Å². The van der Waals surface area contributed by atoms with E-state index in [0.717, 1.165) is 54.3 Å². The van der Waals surface area contributed by atoms with Crippen LogP contribution >= 0.6 is 11.3 Å². The quantitative estimate of drug-likeness (QED) is 0.742. The highest BCUT2D eigenvalue weighted by Crippen LogP contribution is 2.35. The van der Waals surface area contributed by atoms with Gasteiger partial charge in [0, 0.05) is 61.6 Å². The molecule has 0 radical (unpaired) electrons. The Kier molecular flexibility index (Phi) is 5.98. The van der Waals surface area contributed by atoms with Crippen molar-refractivity contribution in [3.8, 4) is 0 Å². The minimum absolute atomic E-state index is 0.0241. The molecule has 1 atom stereocenters. The van der Waals surface area contributed by atoms with Gasteiger partial charge in [0.15, 0.2) is 5.13 Å². The maximum atomic E-state index is 12.7. The summed E-state index contributed by atoms with van der Waals surface area (Å²) in [5.74, 6) is -0.105. The lowest BCUT2D eigenvalue weighted by molar-refractivity contribution is -0.114. The molecule has 0 aliphatic carbocycles. The summed E-state index contributed by atoms with van der Waals surface area (Å²) < 4.78 is 0. The maximum Gasteiger partial charge on any atom is 0.318 e. The molecule has 2 aromatic heterocycles. The molecule has 0 bridgehead atoms. The molecule has 0 saturated carbocycles. The van der Waals surface area contributed by atoms with Crippen LogP contribution in [-0.4, -0.2) is 56.9 Å². The fourth-order valence-electron chi connectivity index (χ4n) is 4.63. The molecule has 2 aliphatic rings. The van der Waals surface area contributed by atoms with Crippen LogP contribution in [0.3, 0.4) is 0 Å². The molecule has 2 N–H and O–H groups in total. The van der Waals surface area contributed by atoms with E-state index in [2.05, 4.69) is 44.6 Å². The van der Waals surface area contributed by atoms with Crippen molar-refractivity contribution in [2.24, 2.45) is 0 Å². The van der Waals surface area contributed by atoms with Gasteiger partial charge in [0.2, 0.25) is 5.91 Å². The predicted octanol–water partition coefficient (Wildman–Crippen LogP) is 3.23. The van der Waals surface area contributed by atoms with Gasteiger partial charge in [-0.1, -0.05) is 0 Å². The fraction of sp³-hybridized carbons (Fsp3) is 0.545. The first-order valence-electron chi connectivity index (χ1n) is 10.7. The Bertz CT molecular complexity index is 962. The standard InChI is InChI=1S/C22H30N6O2S/c1-14-9-18(10-15(2)24-14)12-28-13-22(26-21(28)30)5-7-27(8-6-22)16(3)19-11-23-20(31-19)25-17(4)29/h9-11,16H,5-8,12-13H2,1-4H3,(H,26,30)(H,23,25,29). The zero-order valence-electron chi connectivity index (χ0n) is 18.6. The number of aryl methyl sites for hydroxylation is 2. The first-order valence-corrected chi connectivity index (χ1v) is 11.5. The molecular weight excluding hydrogens is 412 g/mol. The lowest BCUT2D eigenvalue weighted by Gasteiger charge is -2.41. The number of nitrogens with zero attached hydrogens (tertiary/aromatic N) is 4. The first kappa shape index (κ1) is 21.7. The molecule has 4 rings (SSSR count). The molecule has 31 heavy (non-hydrogen) atoms. The number of carbonyl (C=O) groups excluding carboxylic acids is 2. The van der Waals surface area contributed by atoms with E-state index in [0.29, 0.717) is 11.7 Å². The van der Waals surface area contributed by atoms with Crippen molar-refractivity contribution in [2.45, 2.75) is 58.7 Å². The number of piperidine rings is 1. The minimum Gasteiger partial charge on any atom is -0.331 e. The Morgan fingerprint density at radius 1 is 1.29 bits per heavy atom. The molecule has 166 valence electrons. The number of aromatic nitrogens is 2. The Hall–Kier alpha value is -2.52. The summed E-state index contributed by atoms with van der Waals surface area (Å²) in [5, 5.41) is 6.68.